The topological polar surface area (TPSA) is 57.5 Å². The van der Waals surface area contributed by atoms with Gasteiger partial charge in [0.25, 0.3) is 0 Å². The number of Topliss-reactive ketones (excluding diaryl/α,β-unsaturated/α-hetero) is 1. The van der Waals surface area contributed by atoms with Crippen LogP contribution in [0, 0.1) is 34.5 Å². The third-order valence-electron chi connectivity index (χ3n) is 8.45. The fraction of sp³-hybridized carbons (Fsp3) is 0.850. The summed E-state index contributed by atoms with van der Waals surface area (Å²) in [6.07, 6.45) is 6.93. The molecule has 23 heavy (non-hydrogen) atoms. The maximum Gasteiger partial charge on any atom is 0.167 e. The van der Waals surface area contributed by atoms with Crippen molar-refractivity contribution in [2.45, 2.75) is 71.5 Å². The Balaban J connectivity index is 1.72. The van der Waals surface area contributed by atoms with Crippen LogP contribution in [0.25, 0.3) is 0 Å². The lowest BCUT2D eigenvalue weighted by Crippen LogP contribution is -2.54. The van der Waals surface area contributed by atoms with Gasteiger partial charge in [0.1, 0.15) is 6.10 Å². The summed E-state index contributed by atoms with van der Waals surface area (Å²) in [7, 11) is 0. The van der Waals surface area contributed by atoms with E-state index in [1.807, 2.05) is 0 Å². The zero-order chi connectivity index (χ0) is 16.6. The van der Waals surface area contributed by atoms with E-state index in [4.69, 9.17) is 0 Å². The summed E-state index contributed by atoms with van der Waals surface area (Å²) in [5.74, 6) is 2.16. The first-order chi connectivity index (χ1) is 10.8. The van der Waals surface area contributed by atoms with E-state index in [0.717, 1.165) is 32.1 Å². The fourth-order valence-corrected chi connectivity index (χ4v) is 7.02. The highest BCUT2D eigenvalue weighted by molar-refractivity contribution is 5.91. The van der Waals surface area contributed by atoms with Gasteiger partial charge in [0, 0.05) is 5.41 Å². The molecule has 8 atom stereocenters. The van der Waals surface area contributed by atoms with E-state index in [1.165, 1.54) is 5.57 Å². The van der Waals surface area contributed by atoms with Crippen molar-refractivity contribution in [2.24, 2.45) is 34.5 Å². The Morgan fingerprint density at radius 3 is 2.57 bits per heavy atom. The summed E-state index contributed by atoms with van der Waals surface area (Å²) >= 11 is 0. The normalized spacial score (nSPS) is 55.7. The molecule has 0 unspecified atom stereocenters. The predicted octanol–water partition coefficient (Wildman–Crippen LogP) is 3.10. The molecule has 4 rings (SSSR count). The molecule has 3 heteroatoms. The summed E-state index contributed by atoms with van der Waals surface area (Å²) in [6, 6.07) is 0. The van der Waals surface area contributed by atoms with Crippen LogP contribution in [-0.4, -0.2) is 28.2 Å². The molecule has 2 N–H and O–H groups in total. The van der Waals surface area contributed by atoms with E-state index in [9.17, 15) is 15.0 Å². The monoisotopic (exact) mass is 318 g/mol. The number of rotatable bonds is 0. The molecule has 3 saturated carbocycles. The van der Waals surface area contributed by atoms with Gasteiger partial charge >= 0.3 is 0 Å². The van der Waals surface area contributed by atoms with Gasteiger partial charge < -0.3 is 10.2 Å². The van der Waals surface area contributed by atoms with Crippen molar-refractivity contribution in [3.63, 3.8) is 0 Å². The van der Waals surface area contributed by atoms with Crippen LogP contribution in [0.2, 0.25) is 0 Å². The minimum atomic E-state index is -0.737. The Morgan fingerprint density at radius 1 is 1.09 bits per heavy atom. The van der Waals surface area contributed by atoms with E-state index in [1.54, 1.807) is 0 Å². The molecule has 0 spiro atoms. The van der Waals surface area contributed by atoms with Crippen LogP contribution in [-0.2, 0) is 4.79 Å². The third kappa shape index (κ3) is 1.93. The van der Waals surface area contributed by atoms with E-state index in [0.29, 0.717) is 30.1 Å². The lowest BCUT2D eigenvalue weighted by atomic mass is 9.45. The number of carbonyl (C=O) groups is 1. The standard InChI is InChI=1S/C20H30O3/c1-11-8-13(21)9-12-4-5-14-15(20(11,12)3)6-7-19(2)16(14)10-17(22)18(19)23/h8,12-17,21-22H,4-7,9-10H2,1-3H3/t12-,13+,14+,15-,16-,17-,19-,20-/m0/s1. The van der Waals surface area contributed by atoms with Gasteiger partial charge in [-0.2, -0.15) is 0 Å². The molecule has 0 heterocycles. The van der Waals surface area contributed by atoms with Gasteiger partial charge in [0.15, 0.2) is 5.78 Å². The first-order valence-electron chi connectivity index (χ1n) is 9.38. The van der Waals surface area contributed by atoms with Gasteiger partial charge in [-0.3, -0.25) is 4.79 Å². The number of carbonyl (C=O) groups excluding carboxylic acids is 1. The first-order valence-corrected chi connectivity index (χ1v) is 9.38. The van der Waals surface area contributed by atoms with Crippen LogP contribution in [0.4, 0.5) is 0 Å². The van der Waals surface area contributed by atoms with Crippen molar-refractivity contribution in [1.82, 2.24) is 0 Å². The van der Waals surface area contributed by atoms with Crippen molar-refractivity contribution in [3.8, 4) is 0 Å². The molecule has 128 valence electrons. The highest BCUT2D eigenvalue weighted by Gasteiger charge is 2.62. The molecular weight excluding hydrogens is 288 g/mol. The zero-order valence-electron chi connectivity index (χ0n) is 14.6. The number of allylic oxidation sites excluding steroid dienone is 1. The highest BCUT2D eigenvalue weighted by atomic mass is 16.3. The molecule has 0 aromatic rings. The van der Waals surface area contributed by atoms with Gasteiger partial charge in [0.05, 0.1) is 6.10 Å². The molecule has 0 aromatic heterocycles. The predicted molar refractivity (Wildman–Crippen MR) is 88.7 cm³/mol. The molecule has 4 aliphatic carbocycles. The van der Waals surface area contributed by atoms with Crippen LogP contribution in [0.1, 0.15) is 59.3 Å². The third-order valence-corrected chi connectivity index (χ3v) is 8.45. The van der Waals surface area contributed by atoms with Gasteiger partial charge in [-0.25, -0.2) is 0 Å². The van der Waals surface area contributed by atoms with Crippen LogP contribution in [0.15, 0.2) is 11.6 Å². The van der Waals surface area contributed by atoms with Gasteiger partial charge in [0.2, 0.25) is 0 Å². The van der Waals surface area contributed by atoms with E-state index >= 15 is 0 Å². The van der Waals surface area contributed by atoms with Crippen LogP contribution in [0.3, 0.4) is 0 Å². The average Bonchev–Trinajstić information content (AvgIpc) is 2.73. The van der Waals surface area contributed by atoms with Crippen molar-refractivity contribution in [2.75, 3.05) is 0 Å². The SMILES string of the molecule is CC1=C[C@@H](O)C[C@@H]2CC[C@@H]3[C@H](CC[C@]4(C)C(=O)[C@@H](O)C[C@@H]34)[C@@]12C. The van der Waals surface area contributed by atoms with Gasteiger partial charge in [-0.1, -0.05) is 25.5 Å². The maximum atomic E-state index is 12.5. The molecule has 4 aliphatic rings. The molecular formula is C20H30O3. The summed E-state index contributed by atoms with van der Waals surface area (Å²) in [4.78, 5) is 12.5. The number of aliphatic hydroxyl groups excluding tert-OH is 2. The summed E-state index contributed by atoms with van der Waals surface area (Å²) in [5.41, 5.74) is 1.22. The Hall–Kier alpha value is -0.670. The number of hydrogen-bond donors (Lipinski definition) is 2. The second-order valence-corrected chi connectivity index (χ2v) is 9.16. The lowest BCUT2D eigenvalue weighted by molar-refractivity contribution is -0.139. The average molecular weight is 318 g/mol. The van der Waals surface area contributed by atoms with Gasteiger partial charge in [-0.05, 0) is 74.5 Å². The molecule has 3 fully saturated rings. The molecule has 0 aromatic carbocycles. The number of fused-ring (bicyclic) bond motifs is 5. The Morgan fingerprint density at radius 2 is 1.83 bits per heavy atom. The molecule has 0 amide bonds. The smallest absolute Gasteiger partial charge is 0.167 e. The van der Waals surface area contributed by atoms with Crippen LogP contribution >= 0.6 is 0 Å². The van der Waals surface area contributed by atoms with Crippen LogP contribution in [0.5, 0.6) is 0 Å². The molecule has 0 radical (unpaired) electrons. The first kappa shape index (κ1) is 15.8. The van der Waals surface area contributed by atoms with E-state index in [-0.39, 0.29) is 22.7 Å². The summed E-state index contributed by atoms with van der Waals surface area (Å²) in [6.45, 7) is 6.70. The maximum absolute atomic E-state index is 12.5. The number of hydrogen-bond acceptors (Lipinski definition) is 3. The lowest BCUT2D eigenvalue weighted by Gasteiger charge is -2.59. The van der Waals surface area contributed by atoms with Gasteiger partial charge in [-0.15, -0.1) is 0 Å². The molecule has 0 saturated heterocycles. The number of aliphatic hydroxyl groups is 2. The minimum Gasteiger partial charge on any atom is -0.389 e. The second kappa shape index (κ2) is 4.92. The molecule has 0 aliphatic heterocycles. The van der Waals surface area contributed by atoms with Crippen molar-refractivity contribution < 1.29 is 15.0 Å². The Kier molecular flexibility index (Phi) is 3.39. The van der Waals surface area contributed by atoms with Crippen molar-refractivity contribution in [1.29, 1.82) is 0 Å². The fourth-order valence-electron chi connectivity index (χ4n) is 7.02. The Labute approximate surface area is 139 Å². The van der Waals surface area contributed by atoms with E-state index in [2.05, 4.69) is 26.8 Å². The van der Waals surface area contributed by atoms with Crippen LogP contribution < -0.4 is 0 Å². The number of ketones is 1. The zero-order valence-corrected chi connectivity index (χ0v) is 14.6. The minimum absolute atomic E-state index is 0.0968. The molecule has 0 bridgehead atoms. The van der Waals surface area contributed by atoms with Crippen molar-refractivity contribution >= 4 is 5.78 Å². The summed E-state index contributed by atoms with van der Waals surface area (Å²) < 4.78 is 0. The highest BCUT2D eigenvalue weighted by Crippen LogP contribution is 2.65. The molecule has 3 nitrogen and oxygen atoms in total. The largest absolute Gasteiger partial charge is 0.389 e. The quantitative estimate of drug-likeness (QED) is 0.675. The van der Waals surface area contributed by atoms with E-state index < -0.39 is 6.10 Å². The summed E-state index contributed by atoms with van der Waals surface area (Å²) in [5, 5.41) is 20.3. The Bertz CT molecular complexity index is 567. The second-order valence-electron chi connectivity index (χ2n) is 9.16. The van der Waals surface area contributed by atoms with Crippen molar-refractivity contribution in [3.05, 3.63) is 11.6 Å².